The second-order valence-corrected chi connectivity index (χ2v) is 6.87. The summed E-state index contributed by atoms with van der Waals surface area (Å²) in [4.78, 5) is 16.9. The van der Waals surface area contributed by atoms with E-state index in [2.05, 4.69) is 10.3 Å². The summed E-state index contributed by atoms with van der Waals surface area (Å²) < 4.78 is 21.7. The van der Waals surface area contributed by atoms with Crippen molar-refractivity contribution in [2.45, 2.75) is 0 Å². The van der Waals surface area contributed by atoms with Crippen molar-refractivity contribution >= 4 is 28.8 Å². The summed E-state index contributed by atoms with van der Waals surface area (Å²) in [6.07, 6.45) is 3.15. The van der Waals surface area contributed by atoms with E-state index in [1.807, 2.05) is 30.3 Å². The first kappa shape index (κ1) is 21.0. The average Bonchev–Trinajstić information content (AvgIpc) is 3.26. The summed E-state index contributed by atoms with van der Waals surface area (Å²) in [6, 6.07) is 18.2. The van der Waals surface area contributed by atoms with Gasteiger partial charge in [0.1, 0.15) is 11.3 Å². The predicted octanol–water partition coefficient (Wildman–Crippen LogP) is 5.17. The lowest BCUT2D eigenvalue weighted by molar-refractivity contribution is -0.111. The minimum absolute atomic E-state index is 0.272. The first-order valence-electron chi connectivity index (χ1n) is 9.85. The van der Waals surface area contributed by atoms with E-state index >= 15 is 0 Å². The molecule has 3 aromatic carbocycles. The Morgan fingerprint density at radius 2 is 1.78 bits per heavy atom. The number of benzene rings is 3. The van der Waals surface area contributed by atoms with Crippen LogP contribution < -0.4 is 19.5 Å². The van der Waals surface area contributed by atoms with E-state index in [4.69, 9.17) is 18.6 Å². The zero-order chi connectivity index (χ0) is 22.5. The Balaban J connectivity index is 1.49. The lowest BCUT2D eigenvalue weighted by Crippen LogP contribution is -2.07. The molecule has 1 heterocycles. The molecule has 0 radical (unpaired) electrons. The molecular formula is C25H22N2O5. The van der Waals surface area contributed by atoms with E-state index < -0.39 is 0 Å². The molecule has 0 aliphatic heterocycles. The van der Waals surface area contributed by atoms with Gasteiger partial charge in [0.15, 0.2) is 17.1 Å². The first-order chi connectivity index (χ1) is 15.6. The predicted molar refractivity (Wildman–Crippen MR) is 123 cm³/mol. The quantitative estimate of drug-likeness (QED) is 0.407. The lowest BCUT2D eigenvalue weighted by Gasteiger charge is -2.07. The topological polar surface area (TPSA) is 82.8 Å². The number of oxazole rings is 1. The Morgan fingerprint density at radius 1 is 0.938 bits per heavy atom. The Kier molecular flexibility index (Phi) is 6.07. The average molecular weight is 430 g/mol. The molecule has 0 unspecified atom stereocenters. The zero-order valence-corrected chi connectivity index (χ0v) is 17.9. The highest BCUT2D eigenvalue weighted by Gasteiger charge is 2.10. The van der Waals surface area contributed by atoms with Gasteiger partial charge in [0.25, 0.3) is 0 Å². The highest BCUT2D eigenvalue weighted by atomic mass is 16.5. The Bertz CT molecular complexity index is 1290. The Labute approximate surface area is 185 Å². The van der Waals surface area contributed by atoms with E-state index in [1.165, 1.54) is 6.08 Å². The molecule has 0 saturated heterocycles. The fourth-order valence-electron chi connectivity index (χ4n) is 3.19. The maximum atomic E-state index is 12.4. The van der Waals surface area contributed by atoms with Gasteiger partial charge in [0, 0.05) is 23.4 Å². The molecule has 162 valence electrons. The number of ether oxygens (including phenoxy) is 3. The van der Waals surface area contributed by atoms with Crippen LogP contribution >= 0.6 is 0 Å². The number of hydrogen-bond acceptors (Lipinski definition) is 6. The van der Waals surface area contributed by atoms with Crippen LogP contribution in [0, 0.1) is 0 Å². The van der Waals surface area contributed by atoms with Gasteiger partial charge in [0.05, 0.1) is 21.3 Å². The van der Waals surface area contributed by atoms with E-state index in [0.29, 0.717) is 34.2 Å². The van der Waals surface area contributed by atoms with Gasteiger partial charge in [-0.1, -0.05) is 12.1 Å². The van der Waals surface area contributed by atoms with Crippen LogP contribution in [0.3, 0.4) is 0 Å². The molecule has 1 aromatic heterocycles. The van der Waals surface area contributed by atoms with Crippen molar-refractivity contribution in [1.29, 1.82) is 0 Å². The van der Waals surface area contributed by atoms with Crippen LogP contribution in [0.5, 0.6) is 17.2 Å². The van der Waals surface area contributed by atoms with Crippen molar-refractivity contribution in [3.05, 3.63) is 72.3 Å². The minimum atomic E-state index is -0.272. The monoisotopic (exact) mass is 430 g/mol. The molecule has 0 atom stereocenters. The summed E-state index contributed by atoms with van der Waals surface area (Å²) in [5.74, 6) is 2.15. The number of nitrogens with one attached hydrogen (secondary N) is 1. The third kappa shape index (κ3) is 4.57. The zero-order valence-electron chi connectivity index (χ0n) is 17.9. The number of fused-ring (bicyclic) bond motifs is 1. The molecule has 0 fully saturated rings. The SMILES string of the molecule is COc1cccc(-c2nc3ccc(NC(=O)/C=C/c4ccc(OC)c(OC)c4)cc3o2)c1. The van der Waals surface area contributed by atoms with Crippen LogP contribution in [-0.2, 0) is 4.79 Å². The second-order valence-electron chi connectivity index (χ2n) is 6.87. The summed E-state index contributed by atoms with van der Waals surface area (Å²) in [6.45, 7) is 0. The number of methoxy groups -OCH3 is 3. The van der Waals surface area contributed by atoms with E-state index in [-0.39, 0.29) is 5.91 Å². The van der Waals surface area contributed by atoms with E-state index in [9.17, 15) is 4.79 Å². The highest BCUT2D eigenvalue weighted by molar-refractivity contribution is 6.02. The maximum absolute atomic E-state index is 12.4. The van der Waals surface area contributed by atoms with Gasteiger partial charge in [-0.2, -0.15) is 0 Å². The van der Waals surface area contributed by atoms with Crippen LogP contribution in [0.15, 0.2) is 71.2 Å². The van der Waals surface area contributed by atoms with Crippen LogP contribution in [-0.4, -0.2) is 32.2 Å². The van der Waals surface area contributed by atoms with Crippen LogP contribution in [0.2, 0.25) is 0 Å². The number of carbonyl (C=O) groups is 1. The molecule has 0 saturated carbocycles. The normalized spacial score (nSPS) is 11.0. The Morgan fingerprint density at radius 3 is 2.56 bits per heavy atom. The molecule has 0 spiro atoms. The van der Waals surface area contributed by atoms with Crippen LogP contribution in [0.4, 0.5) is 5.69 Å². The van der Waals surface area contributed by atoms with Gasteiger partial charge in [-0.05, 0) is 54.1 Å². The van der Waals surface area contributed by atoms with Crippen LogP contribution in [0.1, 0.15) is 5.56 Å². The number of rotatable bonds is 7. The number of aromatic nitrogens is 1. The third-order valence-electron chi connectivity index (χ3n) is 4.81. The Hall–Kier alpha value is -4.26. The van der Waals surface area contributed by atoms with Gasteiger partial charge < -0.3 is 23.9 Å². The third-order valence-corrected chi connectivity index (χ3v) is 4.81. The van der Waals surface area contributed by atoms with Crippen molar-refractivity contribution in [1.82, 2.24) is 4.98 Å². The van der Waals surface area contributed by atoms with E-state index in [1.54, 1.807) is 57.7 Å². The van der Waals surface area contributed by atoms with Crippen molar-refractivity contribution in [2.75, 3.05) is 26.6 Å². The molecule has 0 aliphatic carbocycles. The fourth-order valence-corrected chi connectivity index (χ4v) is 3.19. The summed E-state index contributed by atoms with van der Waals surface area (Å²) in [5.41, 5.74) is 3.49. The van der Waals surface area contributed by atoms with Gasteiger partial charge >= 0.3 is 0 Å². The van der Waals surface area contributed by atoms with E-state index in [0.717, 1.165) is 16.9 Å². The molecule has 1 N–H and O–H groups in total. The molecule has 0 bridgehead atoms. The van der Waals surface area contributed by atoms with Gasteiger partial charge in [-0.15, -0.1) is 0 Å². The van der Waals surface area contributed by atoms with Gasteiger partial charge in [0.2, 0.25) is 11.8 Å². The number of hydrogen-bond donors (Lipinski definition) is 1. The minimum Gasteiger partial charge on any atom is -0.497 e. The number of anilines is 1. The molecule has 1 amide bonds. The van der Waals surface area contributed by atoms with Crippen molar-refractivity contribution in [2.24, 2.45) is 0 Å². The standard InChI is InChI=1S/C25H22N2O5/c1-29-19-6-4-5-17(14-19)25-27-20-10-9-18(15-22(20)32-25)26-24(28)12-8-16-7-11-21(30-2)23(13-16)31-3/h4-15H,1-3H3,(H,26,28)/b12-8+. The number of amides is 1. The largest absolute Gasteiger partial charge is 0.497 e. The molecule has 32 heavy (non-hydrogen) atoms. The maximum Gasteiger partial charge on any atom is 0.248 e. The molecule has 7 heteroatoms. The lowest BCUT2D eigenvalue weighted by atomic mass is 10.2. The van der Waals surface area contributed by atoms with Crippen LogP contribution in [0.25, 0.3) is 28.6 Å². The van der Waals surface area contributed by atoms with Gasteiger partial charge in [-0.3, -0.25) is 4.79 Å². The van der Waals surface area contributed by atoms with Gasteiger partial charge in [-0.25, -0.2) is 4.98 Å². The van der Waals surface area contributed by atoms with Crippen molar-refractivity contribution < 1.29 is 23.4 Å². The molecule has 4 rings (SSSR count). The summed E-state index contributed by atoms with van der Waals surface area (Å²) in [7, 11) is 4.75. The summed E-state index contributed by atoms with van der Waals surface area (Å²) >= 11 is 0. The van der Waals surface area contributed by atoms with Crippen molar-refractivity contribution in [3.63, 3.8) is 0 Å². The fraction of sp³-hybridized carbons (Fsp3) is 0.120. The molecular weight excluding hydrogens is 408 g/mol. The van der Waals surface area contributed by atoms with Crippen molar-refractivity contribution in [3.8, 4) is 28.7 Å². The number of carbonyl (C=O) groups excluding carboxylic acids is 1. The first-order valence-corrected chi connectivity index (χ1v) is 9.85. The molecule has 7 nitrogen and oxygen atoms in total. The summed E-state index contributed by atoms with van der Waals surface area (Å²) in [5, 5.41) is 2.83. The molecule has 0 aliphatic rings. The second kappa shape index (κ2) is 9.26. The highest BCUT2D eigenvalue weighted by Crippen LogP contribution is 2.29. The number of nitrogens with zero attached hydrogens (tertiary/aromatic N) is 1. The molecule has 4 aromatic rings. The smallest absolute Gasteiger partial charge is 0.248 e.